The largest absolute Gasteiger partial charge is 0.479 e. The van der Waals surface area contributed by atoms with Crippen molar-refractivity contribution in [3.63, 3.8) is 0 Å². The van der Waals surface area contributed by atoms with Crippen LogP contribution >= 0.6 is 0 Å². The molecule has 1 atom stereocenters. The summed E-state index contributed by atoms with van der Waals surface area (Å²) in [6.07, 6.45) is 0. The van der Waals surface area contributed by atoms with Gasteiger partial charge < -0.3 is 15.7 Å². The number of anilines is 2. The molecule has 0 heterocycles. The molecule has 0 aliphatic carbocycles. The van der Waals surface area contributed by atoms with Crippen molar-refractivity contribution in [1.29, 1.82) is 0 Å². The molecule has 2 amide bonds. The summed E-state index contributed by atoms with van der Waals surface area (Å²) in [6, 6.07) is 21.5. The van der Waals surface area contributed by atoms with Crippen LogP contribution in [-0.4, -0.2) is 25.5 Å². The van der Waals surface area contributed by atoms with Gasteiger partial charge in [-0.05, 0) is 42.8 Å². The summed E-state index contributed by atoms with van der Waals surface area (Å²) in [5, 5.41) is 14.6. The van der Waals surface area contributed by atoms with Crippen molar-refractivity contribution in [2.24, 2.45) is 0 Å². The zero-order valence-electron chi connectivity index (χ0n) is 16.6. The lowest BCUT2D eigenvalue weighted by Gasteiger charge is -2.27. The number of hydrogen-bond acceptors (Lipinski definition) is 4. The molecule has 8 nitrogen and oxygen atoms in total. The highest BCUT2D eigenvalue weighted by Gasteiger charge is 2.36. The van der Waals surface area contributed by atoms with E-state index < -0.39 is 27.6 Å². The van der Waals surface area contributed by atoms with Gasteiger partial charge in [0.2, 0.25) is 0 Å². The first-order chi connectivity index (χ1) is 14.7. The summed E-state index contributed by atoms with van der Waals surface area (Å²) in [5.74, 6) is -1.24. The normalized spacial score (nSPS) is 12.9. The molecule has 0 aliphatic heterocycles. The van der Waals surface area contributed by atoms with Crippen LogP contribution in [0.2, 0.25) is 0 Å². The van der Waals surface area contributed by atoms with Crippen molar-refractivity contribution in [3.05, 3.63) is 90.5 Å². The fourth-order valence-corrected chi connectivity index (χ4v) is 3.98. The Morgan fingerprint density at radius 3 is 2.03 bits per heavy atom. The number of carboxylic acids is 1. The summed E-state index contributed by atoms with van der Waals surface area (Å²) in [7, 11) is -3.88. The van der Waals surface area contributed by atoms with Crippen LogP contribution in [0.1, 0.15) is 12.5 Å². The lowest BCUT2D eigenvalue weighted by molar-refractivity contribution is -0.144. The minimum atomic E-state index is -3.88. The Labute approximate surface area is 180 Å². The SMILES string of the molecule is CC(NC(=O)Nc1cccc(S(=O)(=O)Nc2ccccc2)c1)(C(=O)O)c1ccccc1. The van der Waals surface area contributed by atoms with Crippen LogP contribution in [0.15, 0.2) is 89.8 Å². The first-order valence-corrected chi connectivity index (χ1v) is 10.7. The molecule has 3 aromatic carbocycles. The maximum Gasteiger partial charge on any atom is 0.333 e. The van der Waals surface area contributed by atoms with Gasteiger partial charge in [-0.2, -0.15) is 0 Å². The number of para-hydroxylation sites is 1. The van der Waals surface area contributed by atoms with Crippen molar-refractivity contribution < 1.29 is 23.1 Å². The highest BCUT2D eigenvalue weighted by atomic mass is 32.2. The maximum atomic E-state index is 12.6. The molecule has 0 saturated carbocycles. The smallest absolute Gasteiger partial charge is 0.333 e. The third-order valence-corrected chi connectivity index (χ3v) is 5.95. The molecule has 9 heteroatoms. The third kappa shape index (κ3) is 5.20. The second-order valence-corrected chi connectivity index (χ2v) is 8.56. The number of nitrogens with one attached hydrogen (secondary N) is 3. The zero-order chi connectivity index (χ0) is 22.5. The van der Waals surface area contributed by atoms with Gasteiger partial charge in [-0.15, -0.1) is 0 Å². The molecule has 1 unspecified atom stereocenters. The summed E-state index contributed by atoms with van der Waals surface area (Å²) in [5.41, 5.74) is -0.696. The van der Waals surface area contributed by atoms with Crippen LogP contribution in [0.5, 0.6) is 0 Å². The van der Waals surface area contributed by atoms with Gasteiger partial charge in [0.05, 0.1) is 4.90 Å². The van der Waals surface area contributed by atoms with E-state index in [2.05, 4.69) is 15.4 Å². The van der Waals surface area contributed by atoms with E-state index in [1.165, 1.54) is 31.2 Å². The molecule has 31 heavy (non-hydrogen) atoms. The lowest BCUT2D eigenvalue weighted by atomic mass is 9.92. The Kier molecular flexibility index (Phi) is 6.26. The summed E-state index contributed by atoms with van der Waals surface area (Å²) in [4.78, 5) is 24.3. The average molecular weight is 439 g/mol. The Morgan fingerprint density at radius 1 is 0.839 bits per heavy atom. The molecule has 3 aromatic rings. The summed E-state index contributed by atoms with van der Waals surface area (Å²) < 4.78 is 27.7. The van der Waals surface area contributed by atoms with E-state index in [0.717, 1.165) is 0 Å². The maximum absolute atomic E-state index is 12.6. The number of benzene rings is 3. The molecular weight excluding hydrogens is 418 g/mol. The second kappa shape index (κ2) is 8.88. The highest BCUT2D eigenvalue weighted by molar-refractivity contribution is 7.92. The van der Waals surface area contributed by atoms with E-state index in [1.54, 1.807) is 60.7 Å². The fourth-order valence-electron chi connectivity index (χ4n) is 2.87. The van der Waals surface area contributed by atoms with Crippen molar-refractivity contribution in [2.75, 3.05) is 10.0 Å². The van der Waals surface area contributed by atoms with Crippen LogP contribution in [0.3, 0.4) is 0 Å². The summed E-state index contributed by atoms with van der Waals surface area (Å²) in [6.45, 7) is 1.37. The third-order valence-electron chi connectivity index (χ3n) is 4.57. The van der Waals surface area contributed by atoms with Crippen LogP contribution in [-0.2, 0) is 20.4 Å². The number of carbonyl (C=O) groups excluding carboxylic acids is 1. The number of amides is 2. The lowest BCUT2D eigenvalue weighted by Crippen LogP contribution is -2.51. The molecule has 0 radical (unpaired) electrons. The molecule has 0 saturated heterocycles. The number of carboxylic acid groups (broad SMARTS) is 1. The number of urea groups is 1. The molecule has 0 aliphatic rings. The Balaban J connectivity index is 1.77. The van der Waals surface area contributed by atoms with Gasteiger partial charge in [-0.25, -0.2) is 18.0 Å². The van der Waals surface area contributed by atoms with E-state index in [-0.39, 0.29) is 10.6 Å². The number of hydrogen-bond donors (Lipinski definition) is 4. The van der Waals surface area contributed by atoms with Gasteiger partial charge in [0.1, 0.15) is 0 Å². The summed E-state index contributed by atoms with van der Waals surface area (Å²) >= 11 is 0. The molecule has 0 spiro atoms. The van der Waals surface area contributed by atoms with E-state index in [4.69, 9.17) is 0 Å². The van der Waals surface area contributed by atoms with E-state index >= 15 is 0 Å². The van der Waals surface area contributed by atoms with Crippen LogP contribution < -0.4 is 15.4 Å². The van der Waals surface area contributed by atoms with Crippen molar-refractivity contribution >= 4 is 33.4 Å². The van der Waals surface area contributed by atoms with Crippen LogP contribution in [0, 0.1) is 0 Å². The molecular formula is C22H21N3O5S. The molecule has 0 fully saturated rings. The Morgan fingerprint density at radius 2 is 1.42 bits per heavy atom. The minimum Gasteiger partial charge on any atom is -0.479 e. The molecule has 4 N–H and O–H groups in total. The number of rotatable bonds is 7. The molecule has 0 aromatic heterocycles. The average Bonchev–Trinajstić information content (AvgIpc) is 2.74. The van der Waals surface area contributed by atoms with Crippen molar-refractivity contribution in [3.8, 4) is 0 Å². The van der Waals surface area contributed by atoms with E-state index in [1.807, 2.05) is 0 Å². The van der Waals surface area contributed by atoms with Gasteiger partial charge in [0.15, 0.2) is 5.54 Å². The van der Waals surface area contributed by atoms with Gasteiger partial charge >= 0.3 is 12.0 Å². The number of aliphatic carboxylic acids is 1. The predicted molar refractivity (Wildman–Crippen MR) is 117 cm³/mol. The monoisotopic (exact) mass is 439 g/mol. The molecule has 160 valence electrons. The van der Waals surface area contributed by atoms with E-state index in [0.29, 0.717) is 11.3 Å². The molecule has 0 bridgehead atoms. The van der Waals surface area contributed by atoms with E-state index in [9.17, 15) is 23.1 Å². The fraction of sp³-hybridized carbons (Fsp3) is 0.0909. The molecule has 3 rings (SSSR count). The standard InChI is InChI=1S/C22H21N3O5S/c1-22(20(26)27,16-9-4-2-5-10-16)24-21(28)23-18-13-8-14-19(15-18)31(29,30)25-17-11-6-3-7-12-17/h2-15,25H,1H3,(H,26,27)(H2,23,24,28). The first kappa shape index (κ1) is 21.8. The highest BCUT2D eigenvalue weighted by Crippen LogP contribution is 2.22. The quantitative estimate of drug-likeness (QED) is 0.448. The van der Waals surface area contributed by atoms with Crippen LogP contribution in [0.4, 0.5) is 16.2 Å². The van der Waals surface area contributed by atoms with Gasteiger partial charge in [-0.3, -0.25) is 4.72 Å². The van der Waals surface area contributed by atoms with Crippen molar-refractivity contribution in [2.45, 2.75) is 17.4 Å². The van der Waals surface area contributed by atoms with Gasteiger partial charge in [-0.1, -0.05) is 54.6 Å². The first-order valence-electron chi connectivity index (χ1n) is 9.27. The van der Waals surface area contributed by atoms with Gasteiger partial charge in [0, 0.05) is 11.4 Å². The number of sulfonamides is 1. The van der Waals surface area contributed by atoms with Crippen molar-refractivity contribution in [1.82, 2.24) is 5.32 Å². The van der Waals surface area contributed by atoms with Crippen LogP contribution in [0.25, 0.3) is 0 Å². The Bertz CT molecular complexity index is 1180. The zero-order valence-corrected chi connectivity index (χ0v) is 17.4. The number of carbonyl (C=O) groups is 2. The Hall–Kier alpha value is -3.85. The topological polar surface area (TPSA) is 125 Å². The second-order valence-electron chi connectivity index (χ2n) is 6.87. The predicted octanol–water partition coefficient (Wildman–Crippen LogP) is 3.61. The van der Waals surface area contributed by atoms with Gasteiger partial charge in [0.25, 0.3) is 10.0 Å². The minimum absolute atomic E-state index is 0.0572.